The van der Waals surface area contributed by atoms with Gasteiger partial charge in [0.15, 0.2) is 5.82 Å². The summed E-state index contributed by atoms with van der Waals surface area (Å²) < 4.78 is 0. The summed E-state index contributed by atoms with van der Waals surface area (Å²) >= 11 is 0. The first-order valence-electron chi connectivity index (χ1n) is 19.0. The lowest BCUT2D eigenvalue weighted by atomic mass is 9.82. The van der Waals surface area contributed by atoms with E-state index in [4.69, 9.17) is 9.97 Å². The molecule has 1 aliphatic carbocycles. The number of benzene rings is 8. The van der Waals surface area contributed by atoms with Gasteiger partial charge in [0.2, 0.25) is 0 Å². The summed E-state index contributed by atoms with van der Waals surface area (Å²) in [7, 11) is 0. The Morgan fingerprint density at radius 1 is 0.309 bits per heavy atom. The third-order valence-corrected chi connectivity index (χ3v) is 11.3. The van der Waals surface area contributed by atoms with Gasteiger partial charge in [-0.15, -0.1) is 0 Å². The molecule has 0 saturated heterocycles. The van der Waals surface area contributed by atoms with E-state index in [0.717, 1.165) is 33.5 Å². The predicted octanol–water partition coefficient (Wildman–Crippen LogP) is 13.9. The summed E-state index contributed by atoms with van der Waals surface area (Å²) in [5, 5.41) is 2.35. The highest BCUT2D eigenvalue weighted by Gasteiger charge is 2.35. The minimum absolute atomic E-state index is 0.00768. The molecule has 0 N–H and O–H groups in total. The van der Waals surface area contributed by atoms with Gasteiger partial charge in [-0.1, -0.05) is 190 Å². The van der Waals surface area contributed by atoms with E-state index in [2.05, 4.69) is 184 Å². The number of rotatable bonds is 6. The summed E-state index contributed by atoms with van der Waals surface area (Å²) in [4.78, 5) is 10.3. The van der Waals surface area contributed by atoms with Crippen LogP contribution in [0, 0.1) is 0 Å². The van der Waals surface area contributed by atoms with E-state index in [1.165, 1.54) is 61.0 Å². The lowest BCUT2D eigenvalue weighted by Gasteiger charge is -2.21. The fraction of sp³-hybridized carbons (Fsp3) is 0.0566. The van der Waals surface area contributed by atoms with Crippen LogP contribution in [0.1, 0.15) is 25.0 Å². The predicted molar refractivity (Wildman–Crippen MR) is 230 cm³/mol. The van der Waals surface area contributed by atoms with Gasteiger partial charge in [-0.3, -0.25) is 0 Å². The molecule has 1 heterocycles. The molecule has 0 bridgehead atoms. The van der Waals surface area contributed by atoms with Crippen molar-refractivity contribution in [1.82, 2.24) is 9.97 Å². The molecule has 1 aliphatic rings. The molecule has 0 atom stereocenters. The Morgan fingerprint density at radius 3 is 1.62 bits per heavy atom. The maximum atomic E-state index is 5.21. The van der Waals surface area contributed by atoms with Crippen LogP contribution in [0.15, 0.2) is 194 Å². The SMILES string of the molecule is CC1(C)c2ccccc2-c2cc(-c3cccc(-c4ccc(-c5cc(-c6ccc(-c7ccccc7)cc6)nc(-c6ccccc6)n5)c5ccccc45)c3)ccc21. The molecule has 0 aliphatic heterocycles. The monoisotopic (exact) mass is 702 g/mol. The lowest BCUT2D eigenvalue weighted by molar-refractivity contribution is 0.660. The molecule has 8 aromatic carbocycles. The van der Waals surface area contributed by atoms with E-state index in [1.807, 2.05) is 24.3 Å². The Balaban J connectivity index is 1.07. The van der Waals surface area contributed by atoms with Crippen molar-refractivity contribution in [3.8, 4) is 78.4 Å². The van der Waals surface area contributed by atoms with Crippen molar-refractivity contribution in [3.05, 3.63) is 205 Å². The number of hydrogen-bond donors (Lipinski definition) is 0. The van der Waals surface area contributed by atoms with Crippen molar-refractivity contribution in [2.45, 2.75) is 19.3 Å². The Kier molecular flexibility index (Phi) is 7.85. The smallest absolute Gasteiger partial charge is 0.160 e. The third-order valence-electron chi connectivity index (χ3n) is 11.3. The largest absolute Gasteiger partial charge is 0.228 e. The second-order valence-electron chi connectivity index (χ2n) is 15.0. The highest BCUT2D eigenvalue weighted by atomic mass is 14.9. The molecule has 260 valence electrons. The lowest BCUT2D eigenvalue weighted by Crippen LogP contribution is -2.14. The molecule has 0 saturated carbocycles. The third kappa shape index (κ3) is 5.75. The molecule has 0 unspecified atom stereocenters. The average Bonchev–Trinajstić information content (AvgIpc) is 3.49. The van der Waals surface area contributed by atoms with Gasteiger partial charge in [0.1, 0.15) is 0 Å². The summed E-state index contributed by atoms with van der Waals surface area (Å²) in [6, 6.07) is 69.6. The van der Waals surface area contributed by atoms with Gasteiger partial charge in [0.25, 0.3) is 0 Å². The van der Waals surface area contributed by atoms with Crippen LogP contribution >= 0.6 is 0 Å². The number of aromatic nitrogens is 2. The first kappa shape index (κ1) is 32.7. The van der Waals surface area contributed by atoms with E-state index in [1.54, 1.807) is 0 Å². The Morgan fingerprint density at radius 2 is 0.836 bits per heavy atom. The quantitative estimate of drug-likeness (QED) is 0.172. The Hall–Kier alpha value is -6.90. The fourth-order valence-electron chi connectivity index (χ4n) is 8.45. The van der Waals surface area contributed by atoms with Crippen molar-refractivity contribution in [1.29, 1.82) is 0 Å². The van der Waals surface area contributed by atoms with E-state index in [0.29, 0.717) is 5.82 Å². The molecule has 10 rings (SSSR count). The minimum atomic E-state index is -0.00768. The summed E-state index contributed by atoms with van der Waals surface area (Å²) in [6.07, 6.45) is 0. The van der Waals surface area contributed by atoms with Crippen LogP contribution in [0.3, 0.4) is 0 Å². The van der Waals surface area contributed by atoms with E-state index in [9.17, 15) is 0 Å². The number of nitrogens with zero attached hydrogens (tertiary/aromatic N) is 2. The van der Waals surface area contributed by atoms with Crippen LogP contribution in [-0.2, 0) is 5.41 Å². The zero-order valence-corrected chi connectivity index (χ0v) is 30.9. The molecular formula is C53H38N2. The maximum Gasteiger partial charge on any atom is 0.160 e. The van der Waals surface area contributed by atoms with Crippen molar-refractivity contribution in [2.24, 2.45) is 0 Å². The standard InChI is InChI=1S/C53H38N2/c1-53(2)48-23-12-11-22-45(48)47-33-40(28-31-49(47)53)39-18-13-19-41(32-39)42-29-30-46(44-21-10-9-20-43(42)44)51-34-50(54-52(55-51)38-16-7-4-8-17-38)37-26-24-36(25-27-37)35-14-5-3-6-15-35/h3-34H,1-2H3. The van der Waals surface area contributed by atoms with Crippen LogP contribution in [0.25, 0.3) is 89.2 Å². The van der Waals surface area contributed by atoms with Crippen LogP contribution in [-0.4, -0.2) is 9.97 Å². The van der Waals surface area contributed by atoms with Crippen molar-refractivity contribution in [3.63, 3.8) is 0 Å². The first-order valence-corrected chi connectivity index (χ1v) is 19.0. The Labute approximate surface area is 322 Å². The van der Waals surface area contributed by atoms with Crippen molar-refractivity contribution >= 4 is 10.8 Å². The summed E-state index contributed by atoms with van der Waals surface area (Å²) in [6.45, 7) is 4.67. The molecule has 55 heavy (non-hydrogen) atoms. The van der Waals surface area contributed by atoms with Gasteiger partial charge < -0.3 is 0 Å². The van der Waals surface area contributed by atoms with Crippen LogP contribution in [0.2, 0.25) is 0 Å². The molecule has 1 aromatic heterocycles. The second kappa shape index (κ2) is 13.2. The van der Waals surface area contributed by atoms with Gasteiger partial charge in [0, 0.05) is 22.1 Å². The van der Waals surface area contributed by atoms with Crippen LogP contribution < -0.4 is 0 Å². The molecule has 0 spiro atoms. The summed E-state index contributed by atoms with van der Waals surface area (Å²) in [5.41, 5.74) is 17.6. The summed E-state index contributed by atoms with van der Waals surface area (Å²) in [5.74, 6) is 0.710. The molecule has 2 nitrogen and oxygen atoms in total. The second-order valence-corrected chi connectivity index (χ2v) is 15.0. The van der Waals surface area contributed by atoms with Gasteiger partial charge in [-0.25, -0.2) is 9.97 Å². The molecule has 0 amide bonds. The van der Waals surface area contributed by atoms with Gasteiger partial charge in [0.05, 0.1) is 11.4 Å². The highest BCUT2D eigenvalue weighted by molar-refractivity contribution is 6.05. The van der Waals surface area contributed by atoms with Crippen LogP contribution in [0.5, 0.6) is 0 Å². The van der Waals surface area contributed by atoms with Gasteiger partial charge in [-0.05, 0) is 84.6 Å². The molecule has 0 fully saturated rings. The van der Waals surface area contributed by atoms with E-state index >= 15 is 0 Å². The minimum Gasteiger partial charge on any atom is -0.228 e. The maximum absolute atomic E-state index is 5.21. The first-order chi connectivity index (χ1) is 27.0. The van der Waals surface area contributed by atoms with Crippen molar-refractivity contribution < 1.29 is 0 Å². The Bertz CT molecular complexity index is 2870. The van der Waals surface area contributed by atoms with Crippen LogP contribution in [0.4, 0.5) is 0 Å². The zero-order valence-electron chi connectivity index (χ0n) is 30.9. The number of fused-ring (bicyclic) bond motifs is 4. The fourth-order valence-corrected chi connectivity index (χ4v) is 8.45. The molecule has 9 aromatic rings. The van der Waals surface area contributed by atoms with E-state index < -0.39 is 0 Å². The average molecular weight is 703 g/mol. The zero-order chi connectivity index (χ0) is 36.9. The van der Waals surface area contributed by atoms with Gasteiger partial charge >= 0.3 is 0 Å². The molecule has 2 heteroatoms. The van der Waals surface area contributed by atoms with E-state index in [-0.39, 0.29) is 5.41 Å². The van der Waals surface area contributed by atoms with Crippen molar-refractivity contribution in [2.75, 3.05) is 0 Å². The normalized spacial score (nSPS) is 12.7. The topological polar surface area (TPSA) is 25.8 Å². The van der Waals surface area contributed by atoms with Gasteiger partial charge in [-0.2, -0.15) is 0 Å². The highest BCUT2D eigenvalue weighted by Crippen LogP contribution is 2.49. The molecular weight excluding hydrogens is 665 g/mol. The number of hydrogen-bond acceptors (Lipinski definition) is 2. The molecule has 0 radical (unpaired) electrons.